The van der Waals surface area contributed by atoms with Gasteiger partial charge in [0.15, 0.2) is 9.84 Å². The number of piperazine rings is 1. The number of benzene rings is 1. The number of nitrogens with one attached hydrogen (secondary N) is 1. The fourth-order valence-corrected chi connectivity index (χ4v) is 5.86. The molecule has 0 bridgehead atoms. The van der Waals surface area contributed by atoms with Gasteiger partial charge in [-0.05, 0) is 11.6 Å². The van der Waals surface area contributed by atoms with E-state index in [1.165, 1.54) is 4.90 Å². The summed E-state index contributed by atoms with van der Waals surface area (Å²) in [6.45, 7) is 3.53. The van der Waals surface area contributed by atoms with Crippen molar-refractivity contribution in [1.82, 2.24) is 19.9 Å². The van der Waals surface area contributed by atoms with Crippen LogP contribution in [-0.2, 0) is 21.2 Å². The van der Waals surface area contributed by atoms with Crippen molar-refractivity contribution in [3.8, 4) is 0 Å². The minimum Gasteiger partial charge on any atom is -0.329 e. The minimum atomic E-state index is -2.86. The predicted octanol–water partition coefficient (Wildman–Crippen LogP) is -0.746. The highest BCUT2D eigenvalue weighted by atomic mass is 32.2. The van der Waals surface area contributed by atoms with Crippen LogP contribution in [0.5, 0.6) is 0 Å². The molecule has 29 heavy (non-hydrogen) atoms. The standard InChI is InChI=1S/C20H25N5O3S/c26-20(24-11-9-23(10-12-24)19-8-13-29(27,28)16-19)7-6-18-15-25(22-21-18)14-17-4-2-1-3-5-17/h1-7,15,19H,8-14,16H2/p+1/b7-6+/t19-/m0/s1. The number of hydrogen-bond acceptors (Lipinski definition) is 5. The summed E-state index contributed by atoms with van der Waals surface area (Å²) in [5.41, 5.74) is 1.79. The van der Waals surface area contributed by atoms with Gasteiger partial charge in [0.1, 0.15) is 17.5 Å². The molecule has 0 radical (unpaired) electrons. The van der Waals surface area contributed by atoms with E-state index in [1.54, 1.807) is 16.8 Å². The molecule has 2 aromatic rings. The van der Waals surface area contributed by atoms with Gasteiger partial charge in [0.2, 0.25) is 5.91 Å². The molecule has 1 atom stereocenters. The van der Waals surface area contributed by atoms with Crippen LogP contribution < -0.4 is 4.90 Å². The summed E-state index contributed by atoms with van der Waals surface area (Å²) >= 11 is 0. The largest absolute Gasteiger partial charge is 0.329 e. The summed E-state index contributed by atoms with van der Waals surface area (Å²) in [5, 5.41) is 8.21. The van der Waals surface area contributed by atoms with Crippen molar-refractivity contribution >= 4 is 21.8 Å². The number of amides is 1. The van der Waals surface area contributed by atoms with Crippen LogP contribution in [0.4, 0.5) is 0 Å². The monoisotopic (exact) mass is 416 g/mol. The average molecular weight is 417 g/mol. The third kappa shape index (κ3) is 5.10. The number of hydrogen-bond donors (Lipinski definition) is 1. The van der Waals surface area contributed by atoms with E-state index in [0.717, 1.165) is 25.1 Å². The predicted molar refractivity (Wildman–Crippen MR) is 109 cm³/mol. The molecule has 0 spiro atoms. The Morgan fingerprint density at radius 1 is 1.21 bits per heavy atom. The van der Waals surface area contributed by atoms with Crippen molar-refractivity contribution in [3.63, 3.8) is 0 Å². The highest BCUT2D eigenvalue weighted by Crippen LogP contribution is 2.09. The summed E-state index contributed by atoms with van der Waals surface area (Å²) in [7, 11) is -2.86. The van der Waals surface area contributed by atoms with Gasteiger partial charge in [0, 0.05) is 12.5 Å². The summed E-state index contributed by atoms with van der Waals surface area (Å²) < 4.78 is 25.1. The fraction of sp³-hybridized carbons (Fsp3) is 0.450. The lowest BCUT2D eigenvalue weighted by Crippen LogP contribution is -3.18. The number of aromatic nitrogens is 3. The SMILES string of the molecule is O=C(/C=C/c1cn(Cc2ccccc2)nn1)N1CC[NH+]([C@H]2CCS(=O)(=O)C2)CC1. The molecule has 2 aliphatic rings. The Morgan fingerprint density at radius 2 is 1.97 bits per heavy atom. The molecule has 0 saturated carbocycles. The van der Waals surface area contributed by atoms with Crippen LogP contribution in [0.15, 0.2) is 42.6 Å². The zero-order valence-corrected chi connectivity index (χ0v) is 17.1. The zero-order chi connectivity index (χ0) is 20.3. The molecule has 2 aliphatic heterocycles. The number of nitrogens with zero attached hydrogens (tertiary/aromatic N) is 4. The average Bonchev–Trinajstić information content (AvgIpc) is 3.33. The molecule has 154 valence electrons. The zero-order valence-electron chi connectivity index (χ0n) is 16.3. The lowest BCUT2D eigenvalue weighted by Gasteiger charge is -2.34. The van der Waals surface area contributed by atoms with Crippen molar-refractivity contribution in [2.75, 3.05) is 37.7 Å². The highest BCUT2D eigenvalue weighted by Gasteiger charge is 2.37. The maximum atomic E-state index is 12.5. The van der Waals surface area contributed by atoms with E-state index in [4.69, 9.17) is 0 Å². The van der Waals surface area contributed by atoms with Gasteiger partial charge in [-0.1, -0.05) is 35.5 Å². The molecule has 1 N–H and O–H groups in total. The van der Waals surface area contributed by atoms with Gasteiger partial charge < -0.3 is 9.80 Å². The fourth-order valence-electron chi connectivity index (χ4n) is 4.04. The first-order valence-electron chi connectivity index (χ1n) is 9.94. The van der Waals surface area contributed by atoms with Crippen molar-refractivity contribution in [1.29, 1.82) is 0 Å². The van der Waals surface area contributed by atoms with Gasteiger partial charge in [-0.15, -0.1) is 5.10 Å². The second kappa shape index (κ2) is 8.46. The molecule has 4 rings (SSSR count). The van der Waals surface area contributed by atoms with E-state index in [0.29, 0.717) is 31.1 Å². The summed E-state index contributed by atoms with van der Waals surface area (Å²) in [4.78, 5) is 15.6. The Morgan fingerprint density at radius 3 is 2.66 bits per heavy atom. The first-order chi connectivity index (χ1) is 14.0. The molecule has 1 aromatic heterocycles. The van der Waals surface area contributed by atoms with Crippen LogP contribution in [0, 0.1) is 0 Å². The Balaban J connectivity index is 1.27. The van der Waals surface area contributed by atoms with Gasteiger partial charge in [-0.2, -0.15) is 0 Å². The van der Waals surface area contributed by atoms with Gasteiger partial charge >= 0.3 is 0 Å². The number of carbonyl (C=O) groups is 1. The van der Waals surface area contributed by atoms with E-state index < -0.39 is 9.84 Å². The Kier molecular flexibility index (Phi) is 5.77. The van der Waals surface area contributed by atoms with E-state index in [2.05, 4.69) is 10.3 Å². The molecule has 0 unspecified atom stereocenters. The Bertz CT molecular complexity index is 979. The van der Waals surface area contributed by atoms with Gasteiger partial charge in [-0.25, -0.2) is 13.1 Å². The molecule has 8 nitrogen and oxygen atoms in total. The van der Waals surface area contributed by atoms with Crippen LogP contribution in [0.2, 0.25) is 0 Å². The van der Waals surface area contributed by atoms with E-state index in [-0.39, 0.29) is 17.7 Å². The van der Waals surface area contributed by atoms with Crippen LogP contribution >= 0.6 is 0 Å². The molecule has 2 fully saturated rings. The first-order valence-corrected chi connectivity index (χ1v) is 11.8. The normalized spacial score (nSPS) is 22.3. The highest BCUT2D eigenvalue weighted by molar-refractivity contribution is 7.91. The van der Waals surface area contributed by atoms with Gasteiger partial charge in [-0.3, -0.25) is 4.79 Å². The van der Waals surface area contributed by atoms with Crippen LogP contribution in [0.25, 0.3) is 6.08 Å². The van der Waals surface area contributed by atoms with Crippen LogP contribution in [0.1, 0.15) is 17.7 Å². The molecule has 2 saturated heterocycles. The second-order valence-corrected chi connectivity index (χ2v) is 9.97. The summed E-state index contributed by atoms with van der Waals surface area (Å²) in [5.74, 6) is 0.549. The topological polar surface area (TPSA) is 89.6 Å². The molecule has 9 heteroatoms. The number of quaternary nitrogens is 1. The minimum absolute atomic E-state index is 0.0410. The first kappa shape index (κ1) is 19.8. The number of rotatable bonds is 5. The maximum Gasteiger partial charge on any atom is 0.247 e. The van der Waals surface area contributed by atoms with E-state index >= 15 is 0 Å². The van der Waals surface area contributed by atoms with Gasteiger partial charge in [0.05, 0.1) is 44.7 Å². The molecule has 0 aliphatic carbocycles. The Labute approximate surface area is 170 Å². The van der Waals surface area contributed by atoms with Crippen molar-refractivity contribution in [2.45, 2.75) is 19.0 Å². The lowest BCUT2D eigenvalue weighted by atomic mass is 10.2. The third-order valence-electron chi connectivity index (χ3n) is 5.67. The second-order valence-electron chi connectivity index (χ2n) is 7.74. The number of carbonyl (C=O) groups excluding carboxylic acids is 1. The number of sulfone groups is 1. The van der Waals surface area contributed by atoms with E-state index in [9.17, 15) is 13.2 Å². The quantitative estimate of drug-likeness (QED) is 0.648. The molecular weight excluding hydrogens is 390 g/mol. The maximum absolute atomic E-state index is 12.5. The lowest BCUT2D eigenvalue weighted by molar-refractivity contribution is -0.925. The molecule has 1 aromatic carbocycles. The van der Waals surface area contributed by atoms with E-state index in [1.807, 2.05) is 41.4 Å². The Hall–Kier alpha value is -2.52. The van der Waals surface area contributed by atoms with Crippen molar-refractivity contribution in [3.05, 3.63) is 53.9 Å². The van der Waals surface area contributed by atoms with Crippen molar-refractivity contribution in [2.24, 2.45) is 0 Å². The summed E-state index contributed by atoms with van der Waals surface area (Å²) in [6.07, 6.45) is 5.80. The van der Waals surface area contributed by atoms with Gasteiger partial charge in [0.25, 0.3) is 0 Å². The van der Waals surface area contributed by atoms with Crippen LogP contribution in [-0.4, -0.2) is 77.9 Å². The third-order valence-corrected chi connectivity index (χ3v) is 7.44. The van der Waals surface area contributed by atoms with Crippen molar-refractivity contribution < 1.29 is 18.1 Å². The molecular formula is C20H26N5O3S+. The smallest absolute Gasteiger partial charge is 0.247 e. The summed E-state index contributed by atoms with van der Waals surface area (Å²) in [6, 6.07) is 10.2. The molecule has 1 amide bonds. The van der Waals surface area contributed by atoms with Crippen LogP contribution in [0.3, 0.4) is 0 Å². The molecule has 3 heterocycles.